The van der Waals surface area contributed by atoms with Crippen LogP contribution in [0.4, 0.5) is 0 Å². The minimum absolute atomic E-state index is 0.0406. The van der Waals surface area contributed by atoms with Gasteiger partial charge in [-0.2, -0.15) is 0 Å². The molecule has 10 heteroatoms. The van der Waals surface area contributed by atoms with Crippen LogP contribution in [0.3, 0.4) is 0 Å². The second-order valence-electron chi connectivity index (χ2n) is 13.5. The molecular formula is C43H76NO8P. The lowest BCUT2D eigenvalue weighted by Crippen LogP contribution is -2.29. The minimum atomic E-state index is -4.39. The summed E-state index contributed by atoms with van der Waals surface area (Å²) in [6, 6.07) is 0. The van der Waals surface area contributed by atoms with E-state index in [0.717, 1.165) is 44.9 Å². The third-order valence-corrected chi connectivity index (χ3v) is 9.36. The molecular weight excluding hydrogens is 689 g/mol. The molecule has 2 atom stereocenters. The van der Waals surface area contributed by atoms with Crippen LogP contribution in [0.25, 0.3) is 0 Å². The first-order chi connectivity index (χ1) is 25.8. The lowest BCUT2D eigenvalue weighted by Gasteiger charge is -2.19. The average molecular weight is 766 g/mol. The van der Waals surface area contributed by atoms with Gasteiger partial charge in [0.2, 0.25) is 0 Å². The van der Waals surface area contributed by atoms with Gasteiger partial charge in [-0.25, -0.2) is 4.57 Å². The average Bonchev–Trinajstić information content (AvgIpc) is 3.14. The normalized spacial score (nSPS) is 14.0. The van der Waals surface area contributed by atoms with Gasteiger partial charge in [-0.1, -0.05) is 139 Å². The fourth-order valence-corrected chi connectivity index (χ4v) is 6.03. The Morgan fingerprint density at radius 3 is 1.57 bits per heavy atom. The Kier molecular flexibility index (Phi) is 37.7. The number of phosphoric ester groups is 1. The molecule has 0 aromatic rings. The Morgan fingerprint density at radius 2 is 1.00 bits per heavy atom. The number of carbonyl (C=O) groups is 2. The van der Waals surface area contributed by atoms with Crippen molar-refractivity contribution >= 4 is 19.8 Å². The standard InChI is InChI=1S/C43H76NO8P/c1-3-5-7-9-11-13-15-17-19-20-22-24-26-28-30-32-34-36-43(46)52-41(40-51-53(47,48)50-38-37-44)39-49-42(45)35-33-31-29-27-25-23-21-18-16-14-12-10-8-6-4-2/h11,13,17,19,22-25,28,30,41H,3-10,12,14-16,18,20-21,26-27,29,31-40,44H2,1-2H3,(H,47,48)/b13-11+,19-17+,24-22+,25-23+,30-28+/t41-/m1/s1. The van der Waals surface area contributed by atoms with E-state index in [1.807, 2.05) is 6.08 Å². The highest BCUT2D eigenvalue weighted by molar-refractivity contribution is 7.47. The van der Waals surface area contributed by atoms with Gasteiger partial charge in [-0.3, -0.25) is 18.6 Å². The summed E-state index contributed by atoms with van der Waals surface area (Å²) < 4.78 is 32.6. The number of esters is 2. The van der Waals surface area contributed by atoms with Crippen molar-refractivity contribution in [2.75, 3.05) is 26.4 Å². The number of ether oxygens (including phenoxy) is 2. The second kappa shape index (κ2) is 39.4. The summed E-state index contributed by atoms with van der Waals surface area (Å²) in [4.78, 5) is 34.8. The van der Waals surface area contributed by atoms with Crippen molar-refractivity contribution in [3.8, 4) is 0 Å². The minimum Gasteiger partial charge on any atom is -0.462 e. The molecule has 0 bridgehead atoms. The van der Waals surface area contributed by atoms with Gasteiger partial charge in [0.25, 0.3) is 0 Å². The van der Waals surface area contributed by atoms with E-state index >= 15 is 0 Å². The molecule has 0 rings (SSSR count). The Bertz CT molecular complexity index is 1050. The number of allylic oxidation sites excluding steroid dienone is 10. The van der Waals surface area contributed by atoms with Gasteiger partial charge < -0.3 is 20.1 Å². The summed E-state index contributed by atoms with van der Waals surface area (Å²) in [6.45, 7) is 3.61. The Hall–Kier alpha value is -2.29. The van der Waals surface area contributed by atoms with Gasteiger partial charge in [0, 0.05) is 19.4 Å². The van der Waals surface area contributed by atoms with Crippen molar-refractivity contribution in [2.24, 2.45) is 5.73 Å². The molecule has 0 aliphatic carbocycles. The van der Waals surface area contributed by atoms with Gasteiger partial charge >= 0.3 is 19.8 Å². The Morgan fingerprint density at radius 1 is 0.566 bits per heavy atom. The van der Waals surface area contributed by atoms with Crippen LogP contribution in [0.15, 0.2) is 60.8 Å². The van der Waals surface area contributed by atoms with Gasteiger partial charge in [0.05, 0.1) is 13.2 Å². The summed E-state index contributed by atoms with van der Waals surface area (Å²) in [5.41, 5.74) is 5.33. The van der Waals surface area contributed by atoms with Crippen LogP contribution in [0.1, 0.15) is 168 Å². The molecule has 0 aromatic carbocycles. The van der Waals surface area contributed by atoms with E-state index in [1.165, 1.54) is 77.0 Å². The summed E-state index contributed by atoms with van der Waals surface area (Å²) >= 11 is 0. The van der Waals surface area contributed by atoms with E-state index in [-0.39, 0.29) is 32.6 Å². The molecule has 0 aromatic heterocycles. The van der Waals surface area contributed by atoms with Crippen LogP contribution < -0.4 is 5.73 Å². The highest BCUT2D eigenvalue weighted by atomic mass is 31.2. The molecule has 0 fully saturated rings. The molecule has 0 aliphatic rings. The van der Waals surface area contributed by atoms with E-state index in [1.54, 1.807) is 0 Å². The smallest absolute Gasteiger partial charge is 0.462 e. The highest BCUT2D eigenvalue weighted by Gasteiger charge is 2.25. The number of hydrogen-bond acceptors (Lipinski definition) is 8. The van der Waals surface area contributed by atoms with Crippen molar-refractivity contribution in [1.29, 1.82) is 0 Å². The summed E-state index contributed by atoms with van der Waals surface area (Å²) in [5.74, 6) is -0.917. The molecule has 3 N–H and O–H groups in total. The monoisotopic (exact) mass is 766 g/mol. The third kappa shape index (κ3) is 39.2. The molecule has 306 valence electrons. The molecule has 0 spiro atoms. The van der Waals surface area contributed by atoms with E-state index < -0.39 is 32.5 Å². The zero-order valence-corrected chi connectivity index (χ0v) is 34.4. The Labute approximate surface area is 323 Å². The number of hydrogen-bond donors (Lipinski definition) is 2. The number of phosphoric acid groups is 1. The van der Waals surface area contributed by atoms with Gasteiger partial charge in [0.15, 0.2) is 6.10 Å². The topological polar surface area (TPSA) is 134 Å². The van der Waals surface area contributed by atoms with Gasteiger partial charge in [-0.05, 0) is 77.0 Å². The molecule has 53 heavy (non-hydrogen) atoms. The van der Waals surface area contributed by atoms with Crippen LogP contribution in [0.2, 0.25) is 0 Å². The molecule has 1 unspecified atom stereocenters. The quantitative estimate of drug-likeness (QED) is 0.0272. The first kappa shape index (κ1) is 50.7. The van der Waals surface area contributed by atoms with Gasteiger partial charge in [-0.15, -0.1) is 0 Å². The molecule has 0 saturated carbocycles. The van der Waals surface area contributed by atoms with Crippen LogP contribution in [0.5, 0.6) is 0 Å². The van der Waals surface area contributed by atoms with E-state index in [4.69, 9.17) is 24.3 Å². The number of nitrogens with two attached hydrogens (primary N) is 1. The third-order valence-electron chi connectivity index (χ3n) is 8.38. The van der Waals surface area contributed by atoms with Crippen LogP contribution in [0, 0.1) is 0 Å². The van der Waals surface area contributed by atoms with Crippen LogP contribution in [-0.2, 0) is 32.7 Å². The number of unbranched alkanes of at least 4 members (excludes halogenated alkanes) is 15. The van der Waals surface area contributed by atoms with Crippen molar-refractivity contribution in [1.82, 2.24) is 0 Å². The highest BCUT2D eigenvalue weighted by Crippen LogP contribution is 2.43. The Balaban J connectivity index is 4.32. The molecule has 0 aliphatic heterocycles. The first-order valence-electron chi connectivity index (χ1n) is 20.8. The SMILES string of the molecule is CCCCC/C=C/C/C=C/C/C=C/C/C=C/CCCC(=O)O[C@H](COC(=O)CCCCC/C=C/CCCCCCCCCC)COP(=O)(O)OCCN. The van der Waals surface area contributed by atoms with Crippen molar-refractivity contribution < 1.29 is 37.6 Å². The molecule has 0 saturated heterocycles. The second-order valence-corrected chi connectivity index (χ2v) is 14.9. The lowest BCUT2D eigenvalue weighted by atomic mass is 10.1. The maximum absolute atomic E-state index is 12.5. The van der Waals surface area contributed by atoms with Crippen molar-refractivity contribution in [2.45, 2.75) is 174 Å². The van der Waals surface area contributed by atoms with Crippen LogP contribution >= 0.6 is 7.82 Å². The van der Waals surface area contributed by atoms with Gasteiger partial charge in [0.1, 0.15) is 6.61 Å². The number of rotatable bonds is 38. The molecule has 9 nitrogen and oxygen atoms in total. The maximum atomic E-state index is 12.5. The maximum Gasteiger partial charge on any atom is 0.472 e. The predicted molar refractivity (Wildman–Crippen MR) is 219 cm³/mol. The first-order valence-corrected chi connectivity index (χ1v) is 22.3. The summed E-state index contributed by atoms with van der Waals surface area (Å²) in [6.07, 6.45) is 45.4. The molecule has 0 amide bonds. The molecule has 0 radical (unpaired) electrons. The van der Waals surface area contributed by atoms with Crippen molar-refractivity contribution in [3.63, 3.8) is 0 Å². The fraction of sp³-hybridized carbons (Fsp3) is 0.721. The zero-order chi connectivity index (χ0) is 38.9. The number of carbonyl (C=O) groups excluding carboxylic acids is 2. The summed E-state index contributed by atoms with van der Waals surface area (Å²) in [7, 11) is -4.39. The van der Waals surface area contributed by atoms with E-state index in [0.29, 0.717) is 19.3 Å². The van der Waals surface area contributed by atoms with Crippen molar-refractivity contribution in [3.05, 3.63) is 60.8 Å². The molecule has 0 heterocycles. The summed E-state index contributed by atoms with van der Waals surface area (Å²) in [5, 5.41) is 0. The lowest BCUT2D eigenvalue weighted by molar-refractivity contribution is -0.161. The largest absolute Gasteiger partial charge is 0.472 e. The zero-order valence-electron chi connectivity index (χ0n) is 33.5. The fourth-order valence-electron chi connectivity index (χ4n) is 5.27. The van der Waals surface area contributed by atoms with Crippen LogP contribution in [-0.4, -0.2) is 49.3 Å². The van der Waals surface area contributed by atoms with E-state index in [9.17, 15) is 19.0 Å². The predicted octanol–water partition coefficient (Wildman–Crippen LogP) is 11.7. The van der Waals surface area contributed by atoms with E-state index in [2.05, 4.69) is 68.5 Å².